The van der Waals surface area contributed by atoms with Crippen LogP contribution >= 0.6 is 0 Å². The highest BCUT2D eigenvalue weighted by Gasteiger charge is 2.31. The van der Waals surface area contributed by atoms with Crippen molar-refractivity contribution in [3.05, 3.63) is 0 Å². The van der Waals surface area contributed by atoms with Crippen LogP contribution < -0.4 is 16.4 Å². The van der Waals surface area contributed by atoms with Gasteiger partial charge in [-0.25, -0.2) is 4.79 Å². The number of nitrogens with one attached hydrogen (secondary N) is 2. The molecule has 0 aliphatic heterocycles. The lowest BCUT2D eigenvalue weighted by atomic mass is 10.0. The highest BCUT2D eigenvalue weighted by Crippen LogP contribution is 2.08. The van der Waals surface area contributed by atoms with Gasteiger partial charge in [0.25, 0.3) is 0 Å². The van der Waals surface area contributed by atoms with Gasteiger partial charge in [0.2, 0.25) is 5.91 Å². The van der Waals surface area contributed by atoms with Crippen molar-refractivity contribution in [1.82, 2.24) is 15.5 Å². The Morgan fingerprint density at radius 1 is 1.23 bits per heavy atom. The molecular formula is C16H32N4O6. The first-order valence-electron chi connectivity index (χ1n) is 8.56. The molecule has 0 aromatic heterocycles. The van der Waals surface area contributed by atoms with E-state index in [1.807, 2.05) is 0 Å². The molecule has 10 heteroatoms. The Morgan fingerprint density at radius 3 is 2.38 bits per heavy atom. The lowest BCUT2D eigenvalue weighted by molar-refractivity contribution is -0.148. The number of esters is 1. The van der Waals surface area contributed by atoms with E-state index in [4.69, 9.17) is 20.3 Å². The maximum Gasteiger partial charge on any atom is 0.407 e. The Labute approximate surface area is 154 Å². The summed E-state index contributed by atoms with van der Waals surface area (Å²) in [5, 5.41) is 14.1. The number of carbonyl (C=O) groups is 3. The van der Waals surface area contributed by atoms with E-state index < -0.39 is 23.6 Å². The summed E-state index contributed by atoms with van der Waals surface area (Å²) in [5.74, 6) is -0.917. The third kappa shape index (κ3) is 10.9. The molecule has 0 rings (SSSR count). The number of aliphatic hydroxyl groups excluding tert-OH is 1. The number of alkyl carbamates (subject to hydrolysis) is 1. The third-order valence-electron chi connectivity index (χ3n) is 3.39. The minimum absolute atomic E-state index is 0.00341. The summed E-state index contributed by atoms with van der Waals surface area (Å²) in [4.78, 5) is 37.1. The van der Waals surface area contributed by atoms with Crippen LogP contribution in [0.1, 0.15) is 27.2 Å². The standard InChI is InChI=1S/C16H32N4O6/c1-5-18-15(24)26-11-16(3,10-25-14(23)12(2)17)19-13(22)6-7-20(4)8-9-21/h12,21H,5-11,17H2,1-4H3,(H,18,24)(H,19,22). The van der Waals surface area contributed by atoms with Crippen LogP contribution in [0.3, 0.4) is 0 Å². The second-order valence-electron chi connectivity index (χ2n) is 6.39. The average molecular weight is 376 g/mol. The van der Waals surface area contributed by atoms with Crippen molar-refractivity contribution in [1.29, 1.82) is 0 Å². The van der Waals surface area contributed by atoms with Gasteiger partial charge in [-0.15, -0.1) is 0 Å². The summed E-state index contributed by atoms with van der Waals surface area (Å²) < 4.78 is 10.2. The minimum atomic E-state index is -1.09. The topological polar surface area (TPSA) is 143 Å². The second-order valence-corrected chi connectivity index (χ2v) is 6.39. The van der Waals surface area contributed by atoms with Crippen LogP contribution in [0, 0.1) is 0 Å². The normalized spacial score (nSPS) is 14.3. The number of nitrogens with two attached hydrogens (primary N) is 1. The zero-order valence-corrected chi connectivity index (χ0v) is 16.0. The van der Waals surface area contributed by atoms with Crippen LogP contribution in [-0.2, 0) is 19.1 Å². The molecule has 2 amide bonds. The van der Waals surface area contributed by atoms with Crippen molar-refractivity contribution in [3.8, 4) is 0 Å². The van der Waals surface area contributed by atoms with Crippen molar-refractivity contribution in [3.63, 3.8) is 0 Å². The number of likely N-dealkylation sites (N-methyl/N-ethyl adjacent to an activating group) is 1. The molecule has 0 fully saturated rings. The summed E-state index contributed by atoms with van der Waals surface area (Å²) in [6.45, 7) is 5.78. The Balaban J connectivity index is 4.75. The number of ether oxygens (including phenoxy) is 2. The number of hydrogen-bond acceptors (Lipinski definition) is 8. The Morgan fingerprint density at radius 2 is 1.85 bits per heavy atom. The highest BCUT2D eigenvalue weighted by atomic mass is 16.6. The largest absolute Gasteiger partial charge is 0.462 e. The molecule has 0 aromatic carbocycles. The van der Waals surface area contributed by atoms with Crippen LogP contribution in [0.4, 0.5) is 4.79 Å². The van der Waals surface area contributed by atoms with E-state index in [0.29, 0.717) is 19.6 Å². The molecule has 10 nitrogen and oxygen atoms in total. The van der Waals surface area contributed by atoms with E-state index in [-0.39, 0.29) is 32.1 Å². The fourth-order valence-electron chi connectivity index (χ4n) is 1.87. The fraction of sp³-hybridized carbons (Fsp3) is 0.812. The van der Waals surface area contributed by atoms with Crippen molar-refractivity contribution >= 4 is 18.0 Å². The number of carbonyl (C=O) groups excluding carboxylic acids is 3. The monoisotopic (exact) mass is 376 g/mol. The van der Waals surface area contributed by atoms with Crippen molar-refractivity contribution < 1.29 is 29.0 Å². The molecular weight excluding hydrogens is 344 g/mol. The van der Waals surface area contributed by atoms with Gasteiger partial charge < -0.3 is 35.8 Å². The van der Waals surface area contributed by atoms with Gasteiger partial charge >= 0.3 is 12.1 Å². The van der Waals surface area contributed by atoms with E-state index >= 15 is 0 Å². The number of hydrogen-bond donors (Lipinski definition) is 4. The summed E-state index contributed by atoms with van der Waals surface area (Å²) in [6, 6.07) is -0.800. The fourth-order valence-corrected chi connectivity index (χ4v) is 1.87. The molecule has 0 heterocycles. The molecule has 0 radical (unpaired) electrons. The van der Waals surface area contributed by atoms with E-state index in [0.717, 1.165) is 0 Å². The Hall–Kier alpha value is -1.91. The number of nitrogens with zero attached hydrogens (tertiary/aromatic N) is 1. The summed E-state index contributed by atoms with van der Waals surface area (Å²) in [7, 11) is 1.78. The first-order valence-corrected chi connectivity index (χ1v) is 8.56. The lowest BCUT2D eigenvalue weighted by Crippen LogP contribution is -2.54. The average Bonchev–Trinajstić information content (AvgIpc) is 2.57. The molecule has 2 atom stereocenters. The van der Waals surface area contributed by atoms with Gasteiger partial charge in [0, 0.05) is 26.1 Å². The van der Waals surface area contributed by atoms with Crippen LogP contribution in [0.15, 0.2) is 0 Å². The van der Waals surface area contributed by atoms with E-state index in [9.17, 15) is 14.4 Å². The SMILES string of the molecule is CCNC(=O)OCC(C)(COC(=O)C(C)N)NC(=O)CCN(C)CCO. The molecule has 0 saturated heterocycles. The quantitative estimate of drug-likeness (QED) is 0.311. The maximum absolute atomic E-state index is 12.2. The number of amides is 2. The van der Waals surface area contributed by atoms with Gasteiger partial charge in [-0.2, -0.15) is 0 Å². The van der Waals surface area contributed by atoms with Gasteiger partial charge in [0.15, 0.2) is 0 Å². The van der Waals surface area contributed by atoms with E-state index in [2.05, 4.69) is 10.6 Å². The van der Waals surface area contributed by atoms with Gasteiger partial charge in [-0.1, -0.05) is 0 Å². The van der Waals surface area contributed by atoms with Crippen LogP contribution in [0.25, 0.3) is 0 Å². The number of rotatable bonds is 12. The van der Waals surface area contributed by atoms with Gasteiger partial charge in [0.1, 0.15) is 24.8 Å². The van der Waals surface area contributed by atoms with Crippen molar-refractivity contribution in [2.24, 2.45) is 5.73 Å². The maximum atomic E-state index is 12.2. The molecule has 0 saturated carbocycles. The molecule has 0 spiro atoms. The van der Waals surface area contributed by atoms with Gasteiger partial charge in [-0.3, -0.25) is 9.59 Å². The zero-order chi connectivity index (χ0) is 20.2. The van der Waals surface area contributed by atoms with E-state index in [1.54, 1.807) is 25.8 Å². The van der Waals surface area contributed by atoms with Gasteiger partial charge in [-0.05, 0) is 27.8 Å². The Bertz CT molecular complexity index is 460. The lowest BCUT2D eigenvalue weighted by Gasteiger charge is -2.30. The zero-order valence-electron chi connectivity index (χ0n) is 16.0. The molecule has 0 bridgehead atoms. The third-order valence-corrected chi connectivity index (χ3v) is 3.39. The predicted octanol–water partition coefficient (Wildman–Crippen LogP) is -1.19. The highest BCUT2D eigenvalue weighted by molar-refractivity contribution is 5.77. The minimum Gasteiger partial charge on any atom is -0.462 e. The molecule has 0 aliphatic carbocycles. The predicted molar refractivity (Wildman–Crippen MR) is 95.4 cm³/mol. The first-order chi connectivity index (χ1) is 12.1. The molecule has 5 N–H and O–H groups in total. The summed E-state index contributed by atoms with van der Waals surface area (Å²) in [5.41, 5.74) is 4.36. The molecule has 26 heavy (non-hydrogen) atoms. The summed E-state index contributed by atoms with van der Waals surface area (Å²) >= 11 is 0. The second kappa shape index (κ2) is 12.4. The number of aliphatic hydroxyl groups is 1. The van der Waals surface area contributed by atoms with Crippen LogP contribution in [0.2, 0.25) is 0 Å². The Kier molecular flexibility index (Phi) is 11.5. The smallest absolute Gasteiger partial charge is 0.407 e. The molecule has 152 valence electrons. The molecule has 2 unspecified atom stereocenters. The van der Waals surface area contributed by atoms with Crippen molar-refractivity contribution in [2.75, 3.05) is 46.5 Å². The van der Waals surface area contributed by atoms with Crippen LogP contribution in [-0.4, -0.2) is 86.1 Å². The van der Waals surface area contributed by atoms with Crippen molar-refractivity contribution in [2.45, 2.75) is 38.8 Å². The van der Waals surface area contributed by atoms with Crippen LogP contribution in [0.5, 0.6) is 0 Å². The first kappa shape index (κ1) is 24.1. The molecule has 0 aliphatic rings. The molecule has 0 aromatic rings. The van der Waals surface area contributed by atoms with Gasteiger partial charge in [0.05, 0.1) is 6.61 Å². The van der Waals surface area contributed by atoms with E-state index in [1.165, 1.54) is 6.92 Å². The summed E-state index contributed by atoms with van der Waals surface area (Å²) in [6.07, 6.45) is -0.455.